The van der Waals surface area contributed by atoms with Crippen LogP contribution in [-0.2, 0) is 0 Å². The summed E-state index contributed by atoms with van der Waals surface area (Å²) in [5, 5.41) is 3.48. The maximum absolute atomic E-state index is 3.48. The van der Waals surface area contributed by atoms with Crippen LogP contribution in [0.25, 0.3) is 0 Å². The minimum atomic E-state index is 0.601. The zero-order valence-electron chi connectivity index (χ0n) is 12.0. The quantitative estimate of drug-likeness (QED) is 0.876. The van der Waals surface area contributed by atoms with Gasteiger partial charge in [0.05, 0.1) is 0 Å². The van der Waals surface area contributed by atoms with Gasteiger partial charge in [-0.25, -0.2) is 0 Å². The third kappa shape index (κ3) is 2.85. The Bertz CT molecular complexity index is 403. The number of nitrogens with zero attached hydrogens (tertiary/aromatic N) is 2. The molecule has 1 aliphatic heterocycles. The van der Waals surface area contributed by atoms with Gasteiger partial charge in [-0.05, 0) is 38.1 Å². The molecular formula is C15H25N3. The van der Waals surface area contributed by atoms with Crippen LogP contribution in [0.15, 0.2) is 18.2 Å². The van der Waals surface area contributed by atoms with E-state index >= 15 is 0 Å². The van der Waals surface area contributed by atoms with Crippen LogP contribution in [0.4, 0.5) is 5.69 Å². The molecule has 1 aromatic rings. The van der Waals surface area contributed by atoms with E-state index in [9.17, 15) is 0 Å². The molecule has 0 spiro atoms. The molecule has 1 fully saturated rings. The number of aryl methyl sites for hydroxylation is 1. The van der Waals surface area contributed by atoms with Crippen molar-refractivity contribution in [3.05, 3.63) is 29.3 Å². The summed E-state index contributed by atoms with van der Waals surface area (Å²) in [6.45, 7) is 8.82. The Morgan fingerprint density at radius 3 is 2.89 bits per heavy atom. The molecule has 0 aromatic heterocycles. The van der Waals surface area contributed by atoms with Gasteiger partial charge < -0.3 is 10.2 Å². The first-order valence-electron chi connectivity index (χ1n) is 6.78. The summed E-state index contributed by atoms with van der Waals surface area (Å²) in [6, 6.07) is 7.15. The normalized spacial score (nSPS) is 21.0. The third-order valence-corrected chi connectivity index (χ3v) is 4.12. The lowest BCUT2D eigenvalue weighted by Gasteiger charge is -2.36. The van der Waals surface area contributed by atoms with Crippen LogP contribution in [0.1, 0.15) is 11.1 Å². The van der Waals surface area contributed by atoms with Crippen LogP contribution in [0, 0.1) is 13.8 Å². The monoisotopic (exact) mass is 247 g/mol. The Labute approximate surface area is 111 Å². The van der Waals surface area contributed by atoms with Crippen LogP contribution in [0.5, 0.6) is 0 Å². The second-order valence-corrected chi connectivity index (χ2v) is 5.44. The SMILES string of the molecule is Cc1cccc(N(C)CC2CNCCN2C)c1C. The van der Waals surface area contributed by atoms with Crippen LogP contribution in [0.3, 0.4) is 0 Å². The van der Waals surface area contributed by atoms with Gasteiger partial charge in [-0.15, -0.1) is 0 Å². The molecule has 1 aromatic carbocycles. The molecule has 0 saturated carbocycles. The molecule has 0 amide bonds. The molecule has 2 rings (SSSR count). The summed E-state index contributed by atoms with van der Waals surface area (Å²) in [7, 11) is 4.42. The second-order valence-electron chi connectivity index (χ2n) is 5.44. The topological polar surface area (TPSA) is 18.5 Å². The summed E-state index contributed by atoms with van der Waals surface area (Å²) < 4.78 is 0. The van der Waals surface area contributed by atoms with Gasteiger partial charge >= 0.3 is 0 Å². The van der Waals surface area contributed by atoms with E-state index < -0.39 is 0 Å². The summed E-state index contributed by atoms with van der Waals surface area (Å²) in [5.74, 6) is 0. The summed E-state index contributed by atoms with van der Waals surface area (Å²) >= 11 is 0. The van der Waals surface area contributed by atoms with E-state index in [2.05, 4.69) is 61.3 Å². The van der Waals surface area contributed by atoms with Gasteiger partial charge in [0.1, 0.15) is 0 Å². The third-order valence-electron chi connectivity index (χ3n) is 4.12. The molecule has 100 valence electrons. The molecule has 0 aliphatic carbocycles. The fourth-order valence-electron chi connectivity index (χ4n) is 2.63. The maximum atomic E-state index is 3.48. The van der Waals surface area contributed by atoms with E-state index in [0.717, 1.165) is 26.2 Å². The molecule has 3 nitrogen and oxygen atoms in total. The minimum Gasteiger partial charge on any atom is -0.373 e. The van der Waals surface area contributed by atoms with Crippen molar-refractivity contribution in [1.82, 2.24) is 10.2 Å². The highest BCUT2D eigenvalue weighted by Crippen LogP contribution is 2.22. The molecular weight excluding hydrogens is 222 g/mol. The van der Waals surface area contributed by atoms with E-state index in [1.807, 2.05) is 0 Å². The van der Waals surface area contributed by atoms with Crippen LogP contribution >= 0.6 is 0 Å². The minimum absolute atomic E-state index is 0.601. The molecule has 1 aliphatic rings. The average molecular weight is 247 g/mol. The summed E-state index contributed by atoms with van der Waals surface area (Å²) in [4.78, 5) is 4.84. The van der Waals surface area contributed by atoms with Crippen molar-refractivity contribution in [2.45, 2.75) is 19.9 Å². The number of rotatable bonds is 3. The van der Waals surface area contributed by atoms with Crippen LogP contribution in [-0.4, -0.2) is 51.2 Å². The van der Waals surface area contributed by atoms with E-state index in [0.29, 0.717) is 6.04 Å². The Morgan fingerprint density at radius 1 is 1.39 bits per heavy atom. The highest BCUT2D eigenvalue weighted by Gasteiger charge is 2.20. The first-order valence-corrected chi connectivity index (χ1v) is 6.78. The number of likely N-dealkylation sites (N-methyl/N-ethyl adjacent to an activating group) is 2. The second kappa shape index (κ2) is 5.72. The van der Waals surface area contributed by atoms with Gasteiger partial charge in [-0.3, -0.25) is 4.90 Å². The smallest absolute Gasteiger partial charge is 0.0396 e. The predicted molar refractivity (Wildman–Crippen MR) is 78.5 cm³/mol. The molecule has 18 heavy (non-hydrogen) atoms. The fraction of sp³-hybridized carbons (Fsp3) is 0.600. The zero-order chi connectivity index (χ0) is 13.1. The maximum Gasteiger partial charge on any atom is 0.0396 e. The van der Waals surface area contributed by atoms with E-state index in [-0.39, 0.29) is 0 Å². The summed E-state index contributed by atoms with van der Waals surface area (Å²) in [6.07, 6.45) is 0. The van der Waals surface area contributed by atoms with Crippen molar-refractivity contribution in [2.24, 2.45) is 0 Å². The number of hydrogen-bond donors (Lipinski definition) is 1. The summed E-state index contributed by atoms with van der Waals surface area (Å²) in [5.41, 5.74) is 4.12. The van der Waals surface area contributed by atoms with Crippen molar-refractivity contribution < 1.29 is 0 Å². The largest absolute Gasteiger partial charge is 0.373 e. The number of benzene rings is 1. The van der Waals surface area contributed by atoms with Crippen molar-refractivity contribution >= 4 is 5.69 Å². The first-order chi connectivity index (χ1) is 8.59. The Balaban J connectivity index is 2.07. The predicted octanol–water partition coefficient (Wildman–Crippen LogP) is 1.64. The Hall–Kier alpha value is -1.06. The fourth-order valence-corrected chi connectivity index (χ4v) is 2.63. The van der Waals surface area contributed by atoms with Crippen molar-refractivity contribution in [3.63, 3.8) is 0 Å². The van der Waals surface area contributed by atoms with Crippen LogP contribution < -0.4 is 10.2 Å². The highest BCUT2D eigenvalue weighted by atomic mass is 15.2. The molecule has 1 atom stereocenters. The van der Waals surface area contributed by atoms with Gasteiger partial charge in [-0.1, -0.05) is 12.1 Å². The lowest BCUT2D eigenvalue weighted by Crippen LogP contribution is -2.53. The molecule has 0 radical (unpaired) electrons. The standard InChI is InChI=1S/C15H25N3/c1-12-6-5-7-15(13(12)2)18(4)11-14-10-16-8-9-17(14)3/h5-7,14,16H,8-11H2,1-4H3. The van der Waals surface area contributed by atoms with Crippen molar-refractivity contribution in [3.8, 4) is 0 Å². The van der Waals surface area contributed by atoms with E-state index in [1.54, 1.807) is 0 Å². The lowest BCUT2D eigenvalue weighted by molar-refractivity contribution is 0.204. The van der Waals surface area contributed by atoms with Crippen LogP contribution in [0.2, 0.25) is 0 Å². The number of anilines is 1. The molecule has 1 unspecified atom stereocenters. The number of hydrogen-bond acceptors (Lipinski definition) is 3. The molecule has 3 heteroatoms. The Morgan fingerprint density at radius 2 is 2.17 bits per heavy atom. The average Bonchev–Trinajstić information content (AvgIpc) is 2.35. The molecule has 1 heterocycles. The Kier molecular flexibility index (Phi) is 4.25. The van der Waals surface area contributed by atoms with Crippen molar-refractivity contribution in [1.29, 1.82) is 0 Å². The first kappa shape index (κ1) is 13.4. The zero-order valence-corrected chi connectivity index (χ0v) is 12.0. The van der Waals surface area contributed by atoms with Gasteiger partial charge in [0.2, 0.25) is 0 Å². The molecule has 0 bridgehead atoms. The number of nitrogens with one attached hydrogen (secondary N) is 1. The van der Waals surface area contributed by atoms with Gasteiger partial charge in [0.15, 0.2) is 0 Å². The molecule has 1 N–H and O–H groups in total. The number of piperazine rings is 1. The van der Waals surface area contributed by atoms with E-state index in [4.69, 9.17) is 0 Å². The van der Waals surface area contributed by atoms with Gasteiger partial charge in [-0.2, -0.15) is 0 Å². The van der Waals surface area contributed by atoms with Crippen molar-refractivity contribution in [2.75, 3.05) is 45.2 Å². The van der Waals surface area contributed by atoms with Gasteiger partial charge in [0, 0.05) is 45.0 Å². The molecule has 1 saturated heterocycles. The lowest BCUT2D eigenvalue weighted by atomic mass is 10.1. The van der Waals surface area contributed by atoms with Gasteiger partial charge in [0.25, 0.3) is 0 Å². The van der Waals surface area contributed by atoms with E-state index in [1.165, 1.54) is 16.8 Å². The highest BCUT2D eigenvalue weighted by molar-refractivity contribution is 5.55.